The van der Waals surface area contributed by atoms with Gasteiger partial charge in [-0.1, -0.05) is 12.1 Å². The van der Waals surface area contributed by atoms with Crippen LogP contribution in [0.1, 0.15) is 18.9 Å². The molecular formula is C19H25N3O4. The van der Waals surface area contributed by atoms with Crippen molar-refractivity contribution in [2.75, 3.05) is 38.1 Å². The van der Waals surface area contributed by atoms with Crippen LogP contribution < -0.4 is 5.32 Å². The van der Waals surface area contributed by atoms with E-state index in [0.29, 0.717) is 39.2 Å². The molecule has 1 aliphatic heterocycles. The quantitative estimate of drug-likeness (QED) is 0.890. The highest BCUT2D eigenvalue weighted by atomic mass is 16.6. The minimum absolute atomic E-state index is 0.0119. The van der Waals surface area contributed by atoms with E-state index in [1.54, 1.807) is 16.7 Å². The van der Waals surface area contributed by atoms with Crippen LogP contribution in [-0.4, -0.2) is 60.5 Å². The minimum atomic E-state index is -0.332. The third-order valence-corrected chi connectivity index (χ3v) is 4.85. The van der Waals surface area contributed by atoms with Crippen LogP contribution in [-0.2, 0) is 14.3 Å². The number of nitrogens with zero attached hydrogens (tertiary/aromatic N) is 2. The van der Waals surface area contributed by atoms with E-state index in [-0.39, 0.29) is 29.7 Å². The lowest BCUT2D eigenvalue weighted by Gasteiger charge is -2.34. The Labute approximate surface area is 153 Å². The number of amides is 3. The summed E-state index contributed by atoms with van der Waals surface area (Å²) in [5, 5.41) is 2.89. The van der Waals surface area contributed by atoms with Gasteiger partial charge in [-0.15, -0.1) is 0 Å². The van der Waals surface area contributed by atoms with Crippen molar-refractivity contribution in [1.29, 1.82) is 0 Å². The number of carbonyl (C=O) groups excluding carboxylic acids is 3. The molecule has 3 rings (SSSR count). The number of nitrogens with one attached hydrogen (secondary N) is 1. The van der Waals surface area contributed by atoms with E-state index >= 15 is 0 Å². The third-order valence-electron chi connectivity index (χ3n) is 4.85. The van der Waals surface area contributed by atoms with Gasteiger partial charge < -0.3 is 19.9 Å². The summed E-state index contributed by atoms with van der Waals surface area (Å²) in [5.74, 6) is -0.586. The monoisotopic (exact) mass is 359 g/mol. The van der Waals surface area contributed by atoms with Gasteiger partial charge in [-0.25, -0.2) is 4.79 Å². The smallest absolute Gasteiger partial charge is 0.409 e. The van der Waals surface area contributed by atoms with Gasteiger partial charge in [0.2, 0.25) is 11.8 Å². The molecule has 26 heavy (non-hydrogen) atoms. The summed E-state index contributed by atoms with van der Waals surface area (Å²) in [4.78, 5) is 40.0. The van der Waals surface area contributed by atoms with Gasteiger partial charge in [0.15, 0.2) is 0 Å². The zero-order chi connectivity index (χ0) is 18.7. The molecule has 0 radical (unpaired) electrons. The number of carbonyl (C=O) groups is 3. The van der Waals surface area contributed by atoms with Crippen LogP contribution in [0.3, 0.4) is 0 Å². The second kappa shape index (κ2) is 7.76. The van der Waals surface area contributed by atoms with Gasteiger partial charge >= 0.3 is 6.09 Å². The largest absolute Gasteiger partial charge is 0.450 e. The molecule has 1 aliphatic carbocycles. The summed E-state index contributed by atoms with van der Waals surface area (Å²) in [6, 6.07) is 7.61. The van der Waals surface area contributed by atoms with E-state index in [9.17, 15) is 14.4 Å². The van der Waals surface area contributed by atoms with Crippen molar-refractivity contribution in [3.05, 3.63) is 29.8 Å². The van der Waals surface area contributed by atoms with Gasteiger partial charge in [-0.3, -0.25) is 9.59 Å². The normalized spacial score (nSPS) is 21.9. The molecule has 0 bridgehead atoms. The molecule has 2 atom stereocenters. The number of aryl methyl sites for hydroxylation is 1. The first-order chi connectivity index (χ1) is 12.5. The van der Waals surface area contributed by atoms with Crippen molar-refractivity contribution >= 4 is 23.6 Å². The average Bonchev–Trinajstić information content (AvgIpc) is 3.42. The summed E-state index contributed by atoms with van der Waals surface area (Å²) in [6.45, 7) is 6.00. The molecule has 7 nitrogen and oxygen atoms in total. The first-order valence-corrected chi connectivity index (χ1v) is 9.07. The molecule has 1 aromatic rings. The predicted octanol–water partition coefficient (Wildman–Crippen LogP) is 1.87. The maximum absolute atomic E-state index is 12.6. The highest BCUT2D eigenvalue weighted by Gasteiger charge is 2.49. The average molecular weight is 359 g/mol. The maximum atomic E-state index is 12.6. The van der Waals surface area contributed by atoms with Gasteiger partial charge in [0.25, 0.3) is 0 Å². The van der Waals surface area contributed by atoms with E-state index in [1.165, 1.54) is 0 Å². The molecule has 1 aromatic carbocycles. The summed E-state index contributed by atoms with van der Waals surface area (Å²) < 4.78 is 4.98. The van der Waals surface area contributed by atoms with Gasteiger partial charge in [0.05, 0.1) is 18.4 Å². The fourth-order valence-electron chi connectivity index (χ4n) is 3.27. The highest BCUT2D eigenvalue weighted by Crippen LogP contribution is 2.41. The maximum Gasteiger partial charge on any atom is 0.409 e. The molecule has 140 valence electrons. The lowest BCUT2D eigenvalue weighted by molar-refractivity contribution is -0.135. The summed E-state index contributed by atoms with van der Waals surface area (Å²) >= 11 is 0. The predicted molar refractivity (Wildman–Crippen MR) is 96.6 cm³/mol. The van der Waals surface area contributed by atoms with Crippen molar-refractivity contribution in [3.8, 4) is 0 Å². The van der Waals surface area contributed by atoms with Gasteiger partial charge in [0.1, 0.15) is 0 Å². The van der Waals surface area contributed by atoms with Crippen LogP contribution in [0.5, 0.6) is 0 Å². The van der Waals surface area contributed by atoms with Crippen LogP contribution in [0.2, 0.25) is 0 Å². The van der Waals surface area contributed by atoms with Crippen LogP contribution in [0, 0.1) is 18.8 Å². The number of ether oxygens (including phenoxy) is 1. The summed E-state index contributed by atoms with van der Waals surface area (Å²) in [5.41, 5.74) is 1.84. The fraction of sp³-hybridized carbons (Fsp3) is 0.526. The van der Waals surface area contributed by atoms with Crippen molar-refractivity contribution in [1.82, 2.24) is 9.80 Å². The molecule has 0 spiro atoms. The van der Waals surface area contributed by atoms with E-state index in [4.69, 9.17) is 4.74 Å². The van der Waals surface area contributed by atoms with Crippen LogP contribution in [0.25, 0.3) is 0 Å². The standard InChI is InChI=1S/C19H25N3O4/c1-3-26-19(25)22-9-7-21(8-10-22)18(24)16-12-15(16)17(23)20-14-6-4-5-13(2)11-14/h4-6,11,15-16H,3,7-10,12H2,1-2H3,(H,20,23). The second-order valence-electron chi connectivity index (χ2n) is 6.82. The lowest BCUT2D eigenvalue weighted by atomic mass is 10.2. The van der Waals surface area contributed by atoms with Crippen molar-refractivity contribution in [3.63, 3.8) is 0 Å². The van der Waals surface area contributed by atoms with Crippen molar-refractivity contribution < 1.29 is 19.1 Å². The fourth-order valence-corrected chi connectivity index (χ4v) is 3.27. The molecule has 1 saturated carbocycles. The highest BCUT2D eigenvalue weighted by molar-refractivity contribution is 5.99. The van der Waals surface area contributed by atoms with Crippen molar-refractivity contribution in [2.45, 2.75) is 20.3 Å². The van der Waals surface area contributed by atoms with Gasteiger partial charge in [-0.2, -0.15) is 0 Å². The number of benzene rings is 1. The number of anilines is 1. The Morgan fingerprint density at radius 1 is 1.12 bits per heavy atom. The molecule has 2 fully saturated rings. The molecule has 7 heteroatoms. The van der Waals surface area contributed by atoms with Crippen LogP contribution in [0.15, 0.2) is 24.3 Å². The van der Waals surface area contributed by atoms with Gasteiger partial charge in [0, 0.05) is 31.9 Å². The minimum Gasteiger partial charge on any atom is -0.450 e. The van der Waals surface area contributed by atoms with Crippen LogP contribution in [0.4, 0.5) is 10.5 Å². The molecule has 1 N–H and O–H groups in total. The Morgan fingerprint density at radius 3 is 2.46 bits per heavy atom. The van der Waals surface area contributed by atoms with Gasteiger partial charge in [-0.05, 0) is 38.0 Å². The molecule has 1 heterocycles. The van der Waals surface area contributed by atoms with E-state index in [1.807, 2.05) is 31.2 Å². The van der Waals surface area contributed by atoms with E-state index in [0.717, 1.165) is 11.3 Å². The van der Waals surface area contributed by atoms with Crippen molar-refractivity contribution in [2.24, 2.45) is 11.8 Å². The molecule has 1 saturated heterocycles. The first-order valence-electron chi connectivity index (χ1n) is 9.07. The zero-order valence-corrected chi connectivity index (χ0v) is 15.2. The number of rotatable bonds is 4. The first kappa shape index (κ1) is 18.2. The summed E-state index contributed by atoms with van der Waals surface area (Å²) in [6.07, 6.45) is 0.260. The summed E-state index contributed by atoms with van der Waals surface area (Å²) in [7, 11) is 0. The molecule has 2 aliphatic rings. The lowest BCUT2D eigenvalue weighted by Crippen LogP contribution is -2.51. The molecule has 2 unspecified atom stereocenters. The SMILES string of the molecule is CCOC(=O)N1CCN(C(=O)C2CC2C(=O)Nc2cccc(C)c2)CC1. The van der Waals surface area contributed by atoms with E-state index < -0.39 is 0 Å². The Balaban J connectivity index is 1.47. The Bertz CT molecular complexity index is 698. The van der Waals surface area contributed by atoms with E-state index in [2.05, 4.69) is 5.32 Å². The Hall–Kier alpha value is -2.57. The molecule has 3 amide bonds. The third kappa shape index (κ3) is 4.15. The molecule has 0 aromatic heterocycles. The number of hydrogen-bond donors (Lipinski definition) is 1. The Kier molecular flexibility index (Phi) is 5.44. The van der Waals surface area contributed by atoms with Crippen LogP contribution >= 0.6 is 0 Å². The second-order valence-corrected chi connectivity index (χ2v) is 6.82. The Morgan fingerprint density at radius 2 is 1.81 bits per heavy atom. The zero-order valence-electron chi connectivity index (χ0n) is 15.2. The topological polar surface area (TPSA) is 79.0 Å². The number of hydrogen-bond acceptors (Lipinski definition) is 4. The number of piperazine rings is 1. The molecular weight excluding hydrogens is 334 g/mol.